The molecule has 7 heteroatoms. The number of thiocarbonyl (C=S) groups is 1. The molecule has 1 saturated carbocycles. The third kappa shape index (κ3) is 3.68. The smallest absolute Gasteiger partial charge is 0.233 e. The maximum Gasteiger partial charge on any atom is 0.233 e. The van der Waals surface area contributed by atoms with Gasteiger partial charge in [0.25, 0.3) is 0 Å². The molecule has 0 aliphatic heterocycles. The van der Waals surface area contributed by atoms with Gasteiger partial charge in [0.2, 0.25) is 11.8 Å². The van der Waals surface area contributed by atoms with Gasteiger partial charge in [0, 0.05) is 12.1 Å². The summed E-state index contributed by atoms with van der Waals surface area (Å²) in [6, 6.07) is 1.99. The number of methoxy groups -OCH3 is 1. The second-order valence-electron chi connectivity index (χ2n) is 4.14. The molecule has 0 radical (unpaired) electrons. The maximum absolute atomic E-state index is 5.85. The standard InChI is InChI=1S/C11H15ClN4OS/c1-17-9-6-8(12)14-10(15-9)16-11(18)13-7-4-2-3-5-7/h6-7H,2-5H2,1H3,(H2,13,14,15,16,18). The molecule has 1 heterocycles. The molecule has 2 N–H and O–H groups in total. The van der Waals surface area contributed by atoms with Crippen LogP contribution in [0.1, 0.15) is 25.7 Å². The van der Waals surface area contributed by atoms with E-state index in [-0.39, 0.29) is 0 Å². The molecule has 0 saturated heterocycles. The largest absolute Gasteiger partial charge is 0.481 e. The zero-order chi connectivity index (χ0) is 13.0. The van der Waals surface area contributed by atoms with Gasteiger partial charge in [-0.15, -0.1) is 0 Å². The molecule has 0 bridgehead atoms. The fraction of sp³-hybridized carbons (Fsp3) is 0.545. The Morgan fingerprint density at radius 2 is 2.17 bits per heavy atom. The summed E-state index contributed by atoms with van der Waals surface area (Å²) >= 11 is 11.1. The number of hydrogen-bond donors (Lipinski definition) is 2. The third-order valence-electron chi connectivity index (χ3n) is 2.80. The van der Waals surface area contributed by atoms with Crippen LogP contribution < -0.4 is 15.4 Å². The molecule has 0 atom stereocenters. The summed E-state index contributed by atoms with van der Waals surface area (Å²) in [6.07, 6.45) is 4.81. The highest BCUT2D eigenvalue weighted by Crippen LogP contribution is 2.18. The Morgan fingerprint density at radius 1 is 1.44 bits per heavy atom. The van der Waals surface area contributed by atoms with Crippen LogP contribution in [-0.2, 0) is 0 Å². The van der Waals surface area contributed by atoms with Crippen LogP contribution in [0.15, 0.2) is 6.07 Å². The average Bonchev–Trinajstić information content (AvgIpc) is 2.80. The summed E-state index contributed by atoms with van der Waals surface area (Å²) in [5, 5.41) is 6.99. The summed E-state index contributed by atoms with van der Waals surface area (Å²) in [4.78, 5) is 8.14. The zero-order valence-corrected chi connectivity index (χ0v) is 11.6. The highest BCUT2D eigenvalue weighted by atomic mass is 35.5. The normalized spacial score (nSPS) is 15.4. The number of aromatic nitrogens is 2. The Morgan fingerprint density at radius 3 is 2.83 bits per heavy atom. The first-order valence-electron chi connectivity index (χ1n) is 5.83. The molecule has 2 rings (SSSR count). The van der Waals surface area contributed by atoms with E-state index in [1.54, 1.807) is 6.07 Å². The van der Waals surface area contributed by atoms with Crippen molar-refractivity contribution in [3.8, 4) is 5.88 Å². The van der Waals surface area contributed by atoms with Crippen LogP contribution in [0.2, 0.25) is 5.15 Å². The van der Waals surface area contributed by atoms with Crippen molar-refractivity contribution in [3.05, 3.63) is 11.2 Å². The van der Waals surface area contributed by atoms with Gasteiger partial charge in [-0.2, -0.15) is 4.98 Å². The van der Waals surface area contributed by atoms with E-state index in [1.807, 2.05) is 0 Å². The van der Waals surface area contributed by atoms with Crippen molar-refractivity contribution in [2.75, 3.05) is 12.4 Å². The highest BCUT2D eigenvalue weighted by Gasteiger charge is 2.16. The van der Waals surface area contributed by atoms with Crippen LogP contribution >= 0.6 is 23.8 Å². The number of nitrogens with zero attached hydrogens (tertiary/aromatic N) is 2. The van der Waals surface area contributed by atoms with Gasteiger partial charge >= 0.3 is 0 Å². The van der Waals surface area contributed by atoms with Crippen LogP contribution in [0.25, 0.3) is 0 Å². The SMILES string of the molecule is COc1cc(Cl)nc(NC(=S)NC2CCCC2)n1. The minimum atomic E-state index is 0.313. The second kappa shape index (κ2) is 6.15. The minimum Gasteiger partial charge on any atom is -0.481 e. The number of ether oxygens (including phenoxy) is 1. The van der Waals surface area contributed by atoms with E-state index >= 15 is 0 Å². The van der Waals surface area contributed by atoms with Crippen LogP contribution in [0.3, 0.4) is 0 Å². The molecular weight excluding hydrogens is 272 g/mol. The van der Waals surface area contributed by atoms with Crippen LogP contribution in [0.5, 0.6) is 5.88 Å². The minimum absolute atomic E-state index is 0.313. The average molecular weight is 287 g/mol. The number of rotatable bonds is 3. The van der Waals surface area contributed by atoms with Gasteiger partial charge in [0.05, 0.1) is 7.11 Å². The van der Waals surface area contributed by atoms with E-state index < -0.39 is 0 Å². The molecule has 1 aliphatic carbocycles. The first-order valence-corrected chi connectivity index (χ1v) is 6.62. The highest BCUT2D eigenvalue weighted by molar-refractivity contribution is 7.80. The lowest BCUT2D eigenvalue weighted by Gasteiger charge is -2.15. The van der Waals surface area contributed by atoms with E-state index in [2.05, 4.69) is 20.6 Å². The van der Waals surface area contributed by atoms with Gasteiger partial charge in [-0.05, 0) is 25.1 Å². The Bertz CT molecular complexity index is 437. The van der Waals surface area contributed by atoms with Crippen molar-refractivity contribution in [1.29, 1.82) is 0 Å². The van der Waals surface area contributed by atoms with Crippen molar-refractivity contribution in [2.45, 2.75) is 31.7 Å². The Labute approximate surface area is 116 Å². The number of halogens is 1. The third-order valence-corrected chi connectivity index (χ3v) is 3.21. The fourth-order valence-corrected chi connectivity index (χ4v) is 2.38. The molecule has 1 fully saturated rings. The summed E-state index contributed by atoms with van der Waals surface area (Å²) in [6.45, 7) is 0. The van der Waals surface area contributed by atoms with E-state index in [0.717, 1.165) is 12.8 Å². The quantitative estimate of drug-likeness (QED) is 0.657. The lowest BCUT2D eigenvalue weighted by molar-refractivity contribution is 0.397. The lowest BCUT2D eigenvalue weighted by atomic mass is 10.3. The maximum atomic E-state index is 5.85. The van der Waals surface area contributed by atoms with E-state index in [9.17, 15) is 0 Å². The van der Waals surface area contributed by atoms with Crippen LogP contribution in [-0.4, -0.2) is 28.2 Å². The summed E-state index contributed by atoms with van der Waals surface area (Å²) < 4.78 is 5.01. The Kier molecular flexibility index (Phi) is 4.54. The molecule has 0 spiro atoms. The lowest BCUT2D eigenvalue weighted by Crippen LogP contribution is -2.36. The number of hydrogen-bond acceptors (Lipinski definition) is 4. The van der Waals surface area contributed by atoms with E-state index in [1.165, 1.54) is 20.0 Å². The molecule has 1 aromatic rings. The Balaban J connectivity index is 1.95. The van der Waals surface area contributed by atoms with Crippen molar-refractivity contribution in [1.82, 2.24) is 15.3 Å². The van der Waals surface area contributed by atoms with Crippen LogP contribution in [0, 0.1) is 0 Å². The summed E-state index contributed by atoms with van der Waals surface area (Å²) in [5.41, 5.74) is 0. The zero-order valence-electron chi connectivity index (χ0n) is 10.1. The molecular formula is C11H15ClN4OS. The molecule has 0 amide bonds. The molecule has 5 nitrogen and oxygen atoms in total. The fourth-order valence-electron chi connectivity index (χ4n) is 1.95. The first kappa shape index (κ1) is 13.3. The number of anilines is 1. The van der Waals surface area contributed by atoms with Gasteiger partial charge in [-0.1, -0.05) is 24.4 Å². The second-order valence-corrected chi connectivity index (χ2v) is 4.93. The predicted molar refractivity (Wildman–Crippen MR) is 75.2 cm³/mol. The molecule has 0 unspecified atom stereocenters. The van der Waals surface area contributed by atoms with Crippen molar-refractivity contribution in [2.24, 2.45) is 0 Å². The van der Waals surface area contributed by atoms with Gasteiger partial charge in [-0.3, -0.25) is 0 Å². The van der Waals surface area contributed by atoms with E-state index in [0.29, 0.717) is 28.1 Å². The molecule has 98 valence electrons. The molecule has 1 aliphatic rings. The van der Waals surface area contributed by atoms with Gasteiger partial charge in [-0.25, -0.2) is 4.98 Å². The molecule has 18 heavy (non-hydrogen) atoms. The summed E-state index contributed by atoms with van der Waals surface area (Å²) in [7, 11) is 1.53. The summed E-state index contributed by atoms with van der Waals surface area (Å²) in [5.74, 6) is 0.746. The first-order chi connectivity index (χ1) is 8.67. The van der Waals surface area contributed by atoms with E-state index in [4.69, 9.17) is 28.6 Å². The molecule has 0 aromatic carbocycles. The topological polar surface area (TPSA) is 59.1 Å². The van der Waals surface area contributed by atoms with Crippen LogP contribution in [0.4, 0.5) is 5.95 Å². The van der Waals surface area contributed by atoms with Crippen molar-refractivity contribution < 1.29 is 4.74 Å². The molecule has 1 aromatic heterocycles. The predicted octanol–water partition coefficient (Wildman–Crippen LogP) is 2.37. The van der Waals surface area contributed by atoms with Crippen molar-refractivity contribution >= 4 is 34.9 Å². The van der Waals surface area contributed by atoms with Gasteiger partial charge < -0.3 is 15.4 Å². The van der Waals surface area contributed by atoms with Gasteiger partial charge in [0.1, 0.15) is 5.15 Å². The number of nitrogens with one attached hydrogen (secondary N) is 2. The monoisotopic (exact) mass is 286 g/mol. The van der Waals surface area contributed by atoms with Crippen molar-refractivity contribution in [3.63, 3.8) is 0 Å². The van der Waals surface area contributed by atoms with Gasteiger partial charge in [0.15, 0.2) is 5.11 Å². The Hall–Kier alpha value is -1.14.